The summed E-state index contributed by atoms with van der Waals surface area (Å²) in [6, 6.07) is 15.0. The van der Waals surface area contributed by atoms with Crippen molar-refractivity contribution in [3.8, 4) is 0 Å². The SMILES string of the molecule is CN1NC(C)(C)CNc2cn(Cc3ccc(C(F)(F)F)cc3)c(Cc3ccccc3)c2C1=O. The summed E-state index contributed by atoms with van der Waals surface area (Å²) in [7, 11) is 1.71. The molecule has 33 heavy (non-hydrogen) atoms. The maximum Gasteiger partial charge on any atom is 0.416 e. The van der Waals surface area contributed by atoms with Crippen LogP contribution < -0.4 is 10.7 Å². The highest BCUT2D eigenvalue weighted by Crippen LogP contribution is 2.31. The molecule has 0 spiro atoms. The van der Waals surface area contributed by atoms with Gasteiger partial charge in [0.05, 0.1) is 16.8 Å². The van der Waals surface area contributed by atoms with E-state index in [1.807, 2.05) is 54.9 Å². The number of nitrogens with zero attached hydrogens (tertiary/aromatic N) is 2. The average molecular weight is 457 g/mol. The van der Waals surface area contributed by atoms with Crippen LogP contribution >= 0.6 is 0 Å². The number of benzene rings is 2. The normalized spacial score (nSPS) is 16.1. The number of nitrogens with one attached hydrogen (secondary N) is 2. The number of hydrazine groups is 1. The summed E-state index contributed by atoms with van der Waals surface area (Å²) < 4.78 is 40.9. The summed E-state index contributed by atoms with van der Waals surface area (Å²) in [5, 5.41) is 4.90. The molecule has 1 aromatic heterocycles. The van der Waals surface area contributed by atoms with Gasteiger partial charge in [0.2, 0.25) is 0 Å². The van der Waals surface area contributed by atoms with Crippen molar-refractivity contribution in [2.45, 2.75) is 38.5 Å². The van der Waals surface area contributed by atoms with E-state index in [4.69, 9.17) is 0 Å². The van der Waals surface area contributed by atoms with Crippen molar-refractivity contribution in [1.29, 1.82) is 0 Å². The fraction of sp³-hybridized carbons (Fsp3) is 0.320. The number of alkyl halides is 3. The van der Waals surface area contributed by atoms with E-state index in [0.717, 1.165) is 34.6 Å². The van der Waals surface area contributed by atoms with E-state index in [-0.39, 0.29) is 11.4 Å². The van der Waals surface area contributed by atoms with E-state index in [2.05, 4.69) is 10.7 Å². The van der Waals surface area contributed by atoms with E-state index in [1.165, 1.54) is 17.1 Å². The molecule has 0 bridgehead atoms. The first-order valence-corrected chi connectivity index (χ1v) is 10.8. The van der Waals surface area contributed by atoms with Gasteiger partial charge in [-0.15, -0.1) is 0 Å². The molecule has 2 heterocycles. The van der Waals surface area contributed by atoms with E-state index in [1.54, 1.807) is 7.05 Å². The van der Waals surface area contributed by atoms with E-state index >= 15 is 0 Å². The van der Waals surface area contributed by atoms with E-state index in [9.17, 15) is 18.0 Å². The van der Waals surface area contributed by atoms with Gasteiger partial charge in [0, 0.05) is 44.0 Å². The largest absolute Gasteiger partial charge is 0.416 e. The number of fused-ring (bicyclic) bond motifs is 1. The Labute approximate surface area is 191 Å². The van der Waals surface area contributed by atoms with Gasteiger partial charge < -0.3 is 9.88 Å². The molecular formula is C25H27F3N4O. The molecule has 4 rings (SSSR count). The fourth-order valence-corrected chi connectivity index (χ4v) is 4.11. The molecule has 2 N–H and O–H groups in total. The van der Waals surface area contributed by atoms with E-state index in [0.29, 0.717) is 25.1 Å². The number of aromatic nitrogens is 1. The molecule has 8 heteroatoms. The van der Waals surface area contributed by atoms with E-state index < -0.39 is 11.7 Å². The molecule has 3 aromatic rings. The van der Waals surface area contributed by atoms with Gasteiger partial charge in [-0.05, 0) is 37.1 Å². The zero-order chi connectivity index (χ0) is 23.8. The standard InChI is InChI=1S/C25H27F3N4O/c1-24(2)16-29-20-15-32(14-18-9-11-19(12-10-18)25(26,27)28)21(13-17-7-5-4-6-8-17)22(20)23(33)31(3)30-24/h4-12,15,29-30H,13-14,16H2,1-3H3. The molecule has 0 atom stereocenters. The number of hydrogen-bond acceptors (Lipinski definition) is 3. The molecule has 2 aromatic carbocycles. The molecule has 1 amide bonds. The predicted octanol–water partition coefficient (Wildman–Crippen LogP) is 4.93. The lowest BCUT2D eigenvalue weighted by atomic mass is 10.0. The number of carbonyl (C=O) groups excluding carboxylic acids is 1. The maximum absolute atomic E-state index is 13.4. The first-order chi connectivity index (χ1) is 15.5. The minimum absolute atomic E-state index is 0.164. The molecule has 0 radical (unpaired) electrons. The number of hydrogen-bond donors (Lipinski definition) is 2. The monoisotopic (exact) mass is 456 g/mol. The molecule has 5 nitrogen and oxygen atoms in total. The third-order valence-corrected chi connectivity index (χ3v) is 5.75. The van der Waals surface area contributed by atoms with Crippen molar-refractivity contribution < 1.29 is 18.0 Å². The number of carbonyl (C=O) groups is 1. The fourth-order valence-electron chi connectivity index (χ4n) is 4.11. The Hall–Kier alpha value is -3.26. The highest BCUT2D eigenvalue weighted by molar-refractivity contribution is 6.01. The quantitative estimate of drug-likeness (QED) is 0.586. The molecule has 0 aliphatic carbocycles. The van der Waals surface area contributed by atoms with Crippen LogP contribution in [0.25, 0.3) is 0 Å². The van der Waals surface area contributed by atoms with Gasteiger partial charge in [-0.3, -0.25) is 9.80 Å². The first-order valence-electron chi connectivity index (χ1n) is 10.8. The first kappa shape index (κ1) is 22.9. The summed E-state index contributed by atoms with van der Waals surface area (Å²) in [4.78, 5) is 13.4. The van der Waals surface area contributed by atoms with Crippen LogP contribution in [0.1, 0.15) is 46.6 Å². The molecule has 0 unspecified atom stereocenters. The Balaban J connectivity index is 1.76. The summed E-state index contributed by atoms with van der Waals surface area (Å²) in [6.07, 6.45) is -1.97. The third kappa shape index (κ3) is 5.06. The Morgan fingerprint density at radius 1 is 1.00 bits per heavy atom. The van der Waals surface area contributed by atoms with Crippen LogP contribution in [0.2, 0.25) is 0 Å². The lowest BCUT2D eigenvalue weighted by molar-refractivity contribution is -0.137. The smallest absolute Gasteiger partial charge is 0.381 e. The van der Waals surface area contributed by atoms with Crippen molar-refractivity contribution in [2.24, 2.45) is 0 Å². The van der Waals surface area contributed by atoms with Gasteiger partial charge in [0.15, 0.2) is 0 Å². The molecule has 0 saturated heterocycles. The summed E-state index contributed by atoms with van der Waals surface area (Å²) in [6.45, 7) is 4.94. The topological polar surface area (TPSA) is 49.3 Å². The van der Waals surface area contributed by atoms with Crippen molar-refractivity contribution in [3.63, 3.8) is 0 Å². The number of anilines is 1. The van der Waals surface area contributed by atoms with Crippen LogP contribution in [-0.4, -0.2) is 34.6 Å². The van der Waals surface area contributed by atoms with Crippen LogP contribution in [0.3, 0.4) is 0 Å². The van der Waals surface area contributed by atoms with Gasteiger partial charge in [-0.1, -0.05) is 42.5 Å². The zero-order valence-electron chi connectivity index (χ0n) is 18.8. The van der Waals surface area contributed by atoms with Gasteiger partial charge in [-0.2, -0.15) is 13.2 Å². The lowest BCUT2D eigenvalue weighted by Gasteiger charge is -2.35. The van der Waals surface area contributed by atoms with Crippen molar-refractivity contribution >= 4 is 11.6 Å². The second-order valence-electron chi connectivity index (χ2n) is 9.06. The average Bonchev–Trinajstić information content (AvgIpc) is 3.08. The summed E-state index contributed by atoms with van der Waals surface area (Å²) in [5.41, 5.74) is 6.05. The molecule has 1 aliphatic heterocycles. The molecule has 1 aliphatic rings. The molecular weight excluding hydrogens is 429 g/mol. The lowest BCUT2D eigenvalue weighted by Crippen LogP contribution is -2.56. The highest BCUT2D eigenvalue weighted by Gasteiger charge is 2.32. The van der Waals surface area contributed by atoms with Crippen molar-refractivity contribution in [1.82, 2.24) is 15.0 Å². The summed E-state index contributed by atoms with van der Waals surface area (Å²) >= 11 is 0. The Morgan fingerprint density at radius 3 is 2.30 bits per heavy atom. The minimum atomic E-state index is -4.37. The number of rotatable bonds is 4. The van der Waals surface area contributed by atoms with Gasteiger partial charge in [0.25, 0.3) is 5.91 Å². The number of amides is 1. The summed E-state index contributed by atoms with van der Waals surface area (Å²) in [5.74, 6) is -0.164. The van der Waals surface area contributed by atoms with Crippen LogP contribution in [0.5, 0.6) is 0 Å². The van der Waals surface area contributed by atoms with Crippen molar-refractivity contribution in [2.75, 3.05) is 18.9 Å². The Kier molecular flexibility index (Phi) is 5.97. The number of halogens is 3. The van der Waals surface area contributed by atoms with Crippen molar-refractivity contribution in [3.05, 3.63) is 88.7 Å². The van der Waals surface area contributed by atoms with Gasteiger partial charge >= 0.3 is 6.18 Å². The molecule has 0 saturated carbocycles. The van der Waals surface area contributed by atoms with Crippen LogP contribution in [-0.2, 0) is 19.1 Å². The maximum atomic E-state index is 13.4. The van der Waals surface area contributed by atoms with Gasteiger partial charge in [0.1, 0.15) is 0 Å². The highest BCUT2D eigenvalue weighted by atomic mass is 19.4. The second-order valence-corrected chi connectivity index (χ2v) is 9.06. The minimum Gasteiger partial charge on any atom is -0.381 e. The Bertz CT molecular complexity index is 1130. The Morgan fingerprint density at radius 2 is 1.67 bits per heavy atom. The van der Waals surface area contributed by atoms with Gasteiger partial charge in [-0.25, -0.2) is 5.43 Å². The zero-order valence-corrected chi connectivity index (χ0v) is 18.8. The van der Waals surface area contributed by atoms with Crippen LogP contribution in [0.15, 0.2) is 60.8 Å². The molecule has 0 fully saturated rings. The third-order valence-electron chi connectivity index (χ3n) is 5.75. The van der Waals surface area contributed by atoms with Crippen LogP contribution in [0.4, 0.5) is 18.9 Å². The molecule has 174 valence electrons. The second kappa shape index (κ2) is 8.59. The van der Waals surface area contributed by atoms with Crippen LogP contribution in [0, 0.1) is 0 Å². The predicted molar refractivity (Wildman–Crippen MR) is 122 cm³/mol.